The minimum atomic E-state index is 0.751. The summed E-state index contributed by atoms with van der Waals surface area (Å²) >= 11 is 4.18. The fourth-order valence-corrected chi connectivity index (χ4v) is 8.07. The van der Waals surface area contributed by atoms with E-state index in [0.29, 0.717) is 0 Å². The summed E-state index contributed by atoms with van der Waals surface area (Å²) in [4.78, 5) is 0.751. The van der Waals surface area contributed by atoms with Crippen LogP contribution in [0.2, 0.25) is 0 Å². The Morgan fingerprint density at radius 3 is 2.88 bits per heavy atom. The van der Waals surface area contributed by atoms with Crippen LogP contribution in [0, 0.1) is 29.6 Å². The largest absolute Gasteiger partial charge is 0.314 e. The van der Waals surface area contributed by atoms with Gasteiger partial charge in [-0.25, -0.2) is 0 Å². The van der Waals surface area contributed by atoms with Crippen LogP contribution >= 0.6 is 15.9 Å². The second kappa shape index (κ2) is 7.09. The Kier molecular flexibility index (Phi) is 4.77. The summed E-state index contributed by atoms with van der Waals surface area (Å²) < 4.78 is 0. The second-order valence-electron chi connectivity index (χ2n) is 9.47. The molecule has 1 saturated heterocycles. The molecule has 3 aliphatic carbocycles. The molecular weight excluding hydrogens is 382 g/mol. The van der Waals surface area contributed by atoms with Crippen LogP contribution in [0.15, 0.2) is 29.8 Å². The normalized spacial score (nSPS) is 41.3. The zero-order valence-electron chi connectivity index (χ0n) is 16.0. The maximum Gasteiger partial charge on any atom is 0.0220 e. The zero-order valence-corrected chi connectivity index (χ0v) is 17.5. The lowest BCUT2D eigenvalue weighted by molar-refractivity contribution is 0.113. The molecule has 0 spiro atoms. The van der Waals surface area contributed by atoms with Crippen LogP contribution in [-0.4, -0.2) is 17.4 Å². The van der Waals surface area contributed by atoms with Gasteiger partial charge in [-0.1, -0.05) is 58.8 Å². The van der Waals surface area contributed by atoms with Crippen molar-refractivity contribution in [3.63, 3.8) is 0 Å². The van der Waals surface area contributed by atoms with Gasteiger partial charge in [0.1, 0.15) is 0 Å². The first-order valence-corrected chi connectivity index (χ1v) is 11.8. The molecule has 7 atom stereocenters. The lowest BCUT2D eigenvalue weighted by Gasteiger charge is -2.47. The van der Waals surface area contributed by atoms with E-state index in [2.05, 4.69) is 58.5 Å². The van der Waals surface area contributed by atoms with Gasteiger partial charge in [0.2, 0.25) is 0 Å². The molecule has 4 aliphatic rings. The molecule has 0 amide bonds. The SMILES string of the molecule is CC1CC2C(Br)C3CCCNC3CC2C1CCC1=Cc2ccccc2C1. The summed E-state index contributed by atoms with van der Waals surface area (Å²) in [5.74, 6) is 4.56. The molecule has 26 heavy (non-hydrogen) atoms. The standard InChI is InChI=1S/C24H32BrN/c1-15-11-22-21(14-23-20(24(22)25)7-4-10-26-23)19(15)9-8-16-12-17-5-2-3-6-18(17)13-16/h2-3,5-6,12,15,19-24,26H,4,7-11,13-14H2,1H3. The van der Waals surface area contributed by atoms with Gasteiger partial charge >= 0.3 is 0 Å². The second-order valence-corrected chi connectivity index (χ2v) is 10.5. The molecule has 0 bridgehead atoms. The Labute approximate surface area is 167 Å². The highest BCUT2D eigenvalue weighted by Gasteiger charge is 2.51. The first kappa shape index (κ1) is 17.5. The zero-order chi connectivity index (χ0) is 17.7. The summed E-state index contributed by atoms with van der Waals surface area (Å²) in [6, 6.07) is 9.72. The van der Waals surface area contributed by atoms with Gasteiger partial charge < -0.3 is 5.32 Å². The van der Waals surface area contributed by atoms with E-state index in [-0.39, 0.29) is 0 Å². The quantitative estimate of drug-likeness (QED) is 0.614. The Morgan fingerprint density at radius 1 is 1.12 bits per heavy atom. The van der Waals surface area contributed by atoms with Crippen LogP contribution in [0.3, 0.4) is 0 Å². The smallest absolute Gasteiger partial charge is 0.0220 e. The molecule has 140 valence electrons. The number of rotatable bonds is 3. The maximum atomic E-state index is 4.18. The molecule has 1 aromatic carbocycles. The maximum absolute atomic E-state index is 4.18. The number of allylic oxidation sites excluding steroid dienone is 1. The molecule has 0 radical (unpaired) electrons. The lowest BCUT2D eigenvalue weighted by Crippen LogP contribution is -2.52. The van der Waals surface area contributed by atoms with E-state index in [9.17, 15) is 0 Å². The molecule has 7 unspecified atom stereocenters. The van der Waals surface area contributed by atoms with Crippen molar-refractivity contribution in [3.05, 3.63) is 41.0 Å². The van der Waals surface area contributed by atoms with E-state index in [1.54, 1.807) is 5.57 Å². The number of halogens is 1. The van der Waals surface area contributed by atoms with Crippen molar-refractivity contribution in [1.82, 2.24) is 5.32 Å². The van der Waals surface area contributed by atoms with Crippen molar-refractivity contribution in [2.45, 2.75) is 62.7 Å². The highest BCUT2D eigenvalue weighted by atomic mass is 79.9. The summed E-state index contributed by atoms with van der Waals surface area (Å²) in [6.45, 7) is 3.78. The topological polar surface area (TPSA) is 12.0 Å². The summed E-state index contributed by atoms with van der Waals surface area (Å²) in [5, 5.41) is 3.87. The fourth-order valence-electron chi connectivity index (χ4n) is 6.82. The fraction of sp³-hybridized carbons (Fsp3) is 0.667. The van der Waals surface area contributed by atoms with Gasteiger partial charge in [0.25, 0.3) is 0 Å². The summed E-state index contributed by atoms with van der Waals surface area (Å²) in [7, 11) is 0. The van der Waals surface area contributed by atoms with E-state index in [4.69, 9.17) is 0 Å². The molecule has 1 nitrogen and oxygen atoms in total. The number of alkyl halides is 1. The van der Waals surface area contributed by atoms with Gasteiger partial charge in [0.15, 0.2) is 0 Å². The third-order valence-electron chi connectivity index (χ3n) is 8.09. The van der Waals surface area contributed by atoms with E-state index < -0.39 is 0 Å². The van der Waals surface area contributed by atoms with E-state index in [1.807, 2.05) is 0 Å². The predicted octanol–water partition coefficient (Wildman–Crippen LogP) is 5.83. The number of fused-ring (bicyclic) bond motifs is 3. The minimum Gasteiger partial charge on any atom is -0.314 e. The van der Waals surface area contributed by atoms with E-state index in [0.717, 1.165) is 40.5 Å². The molecular formula is C24H32BrN. The van der Waals surface area contributed by atoms with Gasteiger partial charge in [-0.2, -0.15) is 0 Å². The molecule has 2 saturated carbocycles. The molecule has 3 fully saturated rings. The van der Waals surface area contributed by atoms with Crippen LogP contribution in [0.4, 0.5) is 0 Å². The van der Waals surface area contributed by atoms with Gasteiger partial charge in [-0.15, -0.1) is 0 Å². The minimum absolute atomic E-state index is 0.751. The van der Waals surface area contributed by atoms with Gasteiger partial charge in [0.05, 0.1) is 0 Å². The van der Waals surface area contributed by atoms with Crippen molar-refractivity contribution in [3.8, 4) is 0 Å². The number of benzene rings is 1. The first-order valence-electron chi connectivity index (χ1n) is 10.9. The number of hydrogen-bond acceptors (Lipinski definition) is 1. The highest BCUT2D eigenvalue weighted by molar-refractivity contribution is 9.09. The molecule has 5 rings (SSSR count). The average molecular weight is 414 g/mol. The molecule has 1 aromatic rings. The van der Waals surface area contributed by atoms with Crippen LogP contribution in [-0.2, 0) is 6.42 Å². The lowest BCUT2D eigenvalue weighted by atomic mass is 9.67. The molecule has 1 aliphatic heterocycles. The van der Waals surface area contributed by atoms with Gasteiger partial charge in [-0.05, 0) is 92.2 Å². The van der Waals surface area contributed by atoms with E-state index in [1.165, 1.54) is 62.6 Å². The van der Waals surface area contributed by atoms with Crippen LogP contribution in [0.1, 0.15) is 56.6 Å². The molecule has 2 heteroatoms. The Morgan fingerprint density at radius 2 is 2.00 bits per heavy atom. The van der Waals surface area contributed by atoms with E-state index >= 15 is 0 Å². The molecule has 0 aromatic heterocycles. The third-order valence-corrected chi connectivity index (χ3v) is 9.45. The third kappa shape index (κ3) is 3.02. The predicted molar refractivity (Wildman–Crippen MR) is 113 cm³/mol. The number of hydrogen-bond donors (Lipinski definition) is 1. The Hall–Kier alpha value is -0.600. The van der Waals surface area contributed by atoms with Crippen LogP contribution < -0.4 is 5.32 Å². The first-order chi connectivity index (χ1) is 12.7. The highest BCUT2D eigenvalue weighted by Crippen LogP contribution is 2.55. The van der Waals surface area contributed by atoms with Crippen LogP contribution in [0.5, 0.6) is 0 Å². The Bertz CT molecular complexity index is 695. The van der Waals surface area contributed by atoms with Crippen molar-refractivity contribution in [2.75, 3.05) is 6.54 Å². The summed E-state index contributed by atoms with van der Waals surface area (Å²) in [5.41, 5.74) is 4.67. The van der Waals surface area contributed by atoms with Gasteiger partial charge in [-0.3, -0.25) is 0 Å². The summed E-state index contributed by atoms with van der Waals surface area (Å²) in [6.07, 6.45) is 12.1. The van der Waals surface area contributed by atoms with Crippen molar-refractivity contribution >= 4 is 22.0 Å². The van der Waals surface area contributed by atoms with Crippen LogP contribution in [0.25, 0.3) is 6.08 Å². The van der Waals surface area contributed by atoms with Crippen molar-refractivity contribution < 1.29 is 0 Å². The average Bonchev–Trinajstić information content (AvgIpc) is 3.21. The Balaban J connectivity index is 1.27. The van der Waals surface area contributed by atoms with Crippen molar-refractivity contribution in [2.24, 2.45) is 29.6 Å². The molecule has 1 heterocycles. The van der Waals surface area contributed by atoms with Gasteiger partial charge in [0, 0.05) is 10.9 Å². The number of piperidine rings is 1. The number of nitrogens with one attached hydrogen (secondary N) is 1. The molecule has 1 N–H and O–H groups in total. The monoisotopic (exact) mass is 413 g/mol. The van der Waals surface area contributed by atoms with Crippen molar-refractivity contribution in [1.29, 1.82) is 0 Å².